The molecule has 6 heterocycles. The van der Waals surface area contributed by atoms with Gasteiger partial charge in [-0.05, 0) is 151 Å². The van der Waals surface area contributed by atoms with Gasteiger partial charge in [-0.1, -0.05) is 51.9 Å². The lowest BCUT2D eigenvalue weighted by atomic mass is 9.76. The van der Waals surface area contributed by atoms with Gasteiger partial charge in [-0.25, -0.2) is 19.6 Å². The van der Waals surface area contributed by atoms with Crippen LogP contribution in [0.15, 0.2) is 48.8 Å². The van der Waals surface area contributed by atoms with Crippen molar-refractivity contribution in [2.24, 2.45) is 10.8 Å². The summed E-state index contributed by atoms with van der Waals surface area (Å²) in [5, 5.41) is 37.9. The third kappa shape index (κ3) is 12.3. The van der Waals surface area contributed by atoms with Crippen molar-refractivity contribution in [2.75, 3.05) is 0 Å². The Morgan fingerprint density at radius 3 is 1.54 bits per heavy atom. The number of aliphatic carboxylic acids is 2. The van der Waals surface area contributed by atoms with Crippen molar-refractivity contribution in [1.29, 1.82) is 10.5 Å². The highest BCUT2D eigenvalue weighted by Crippen LogP contribution is 2.47. The second-order valence-electron chi connectivity index (χ2n) is 22.2. The van der Waals surface area contributed by atoms with Crippen LogP contribution in [0.5, 0.6) is 0 Å². The van der Waals surface area contributed by atoms with Crippen LogP contribution in [0.3, 0.4) is 0 Å². The molecule has 380 valence electrons. The van der Waals surface area contributed by atoms with Gasteiger partial charge < -0.3 is 29.7 Å². The van der Waals surface area contributed by atoms with Gasteiger partial charge in [0.2, 0.25) is 11.6 Å². The summed E-state index contributed by atoms with van der Waals surface area (Å²) in [7, 11) is 0. The third-order valence-corrected chi connectivity index (χ3v) is 13.2. The zero-order valence-electron chi connectivity index (χ0n) is 50.5. The zero-order chi connectivity index (χ0) is 59.7. The molecule has 4 N–H and O–H groups in total. The van der Waals surface area contributed by atoms with Crippen LogP contribution < -0.4 is 0 Å². The summed E-state index contributed by atoms with van der Waals surface area (Å²) in [6.45, 7) is 17.3. The number of ketones is 2. The Morgan fingerprint density at radius 1 is 0.681 bits per heavy atom. The van der Waals surface area contributed by atoms with Crippen LogP contribution >= 0.6 is 0 Å². The van der Waals surface area contributed by atoms with E-state index in [0.29, 0.717) is 35.4 Å². The number of aromatic nitrogens is 6. The Hall–Kier alpha value is -6.62. The normalized spacial score (nSPS) is 30.3. The first-order valence-electron chi connectivity index (χ1n) is 28.0. The van der Waals surface area contributed by atoms with Crippen molar-refractivity contribution in [3.63, 3.8) is 0 Å². The van der Waals surface area contributed by atoms with Crippen LogP contribution in [0.1, 0.15) is 223 Å². The summed E-state index contributed by atoms with van der Waals surface area (Å²) in [6, 6.07) is 10.3. The molecule has 16 nitrogen and oxygen atoms in total. The van der Waals surface area contributed by atoms with E-state index in [1.807, 2.05) is 39.8 Å². The fourth-order valence-corrected chi connectivity index (χ4v) is 9.75. The van der Waals surface area contributed by atoms with Gasteiger partial charge in [-0.3, -0.25) is 19.6 Å². The third-order valence-electron chi connectivity index (χ3n) is 13.2. The SMILES string of the molecule is [2H]C1=C(c2nc(C3CC(C)(C)OC(C)(C(=O)O)C3)ccc2CC(=O)c2ncc(C#N)[nH]2)C([2H])([2H])C([2H])C(C)(C)C1.[2H]C1=C(c2nc(C3CC(C)(C)OC(C)(C(=O)O)C3)ccc2CC(=O)c2ncc(C#N)[nH]2)C([2H])([2H])CC(C)(C)C1[2H]. The van der Waals surface area contributed by atoms with E-state index < -0.39 is 82.3 Å². The summed E-state index contributed by atoms with van der Waals surface area (Å²) in [5.74, 6) is -3.86. The molecule has 16 heteroatoms. The topological polar surface area (TPSA) is 258 Å². The lowest BCUT2D eigenvalue weighted by molar-refractivity contribution is -0.200. The van der Waals surface area contributed by atoms with Gasteiger partial charge in [0.15, 0.2) is 22.9 Å². The van der Waals surface area contributed by atoms with Crippen LogP contribution in [0.2, 0.25) is 0 Å². The molecule has 6 unspecified atom stereocenters. The molecular formula is C56H68N8O8. The largest absolute Gasteiger partial charge is 0.479 e. The van der Waals surface area contributed by atoms with Crippen LogP contribution in [-0.4, -0.2) is 86.0 Å². The number of carbonyl (C=O) groups excluding carboxylic acids is 2. The second-order valence-corrected chi connectivity index (χ2v) is 22.2. The van der Waals surface area contributed by atoms with E-state index in [4.69, 9.17) is 40.9 Å². The van der Waals surface area contributed by atoms with Crippen LogP contribution in [0.4, 0.5) is 0 Å². The number of pyridine rings is 2. The Kier molecular flexibility index (Phi) is 12.0. The molecule has 2 saturated heterocycles. The molecule has 72 heavy (non-hydrogen) atoms. The summed E-state index contributed by atoms with van der Waals surface area (Å²) < 4.78 is 82.5. The molecule has 2 fully saturated rings. The van der Waals surface area contributed by atoms with Gasteiger partial charge in [0.05, 0.1) is 37.7 Å². The Bertz CT molecular complexity index is 3310. The number of Topliss-reactive ketones (excluding diaryl/α,β-unsaturated/α-hetero) is 2. The smallest absolute Gasteiger partial charge is 0.335 e. The monoisotopic (exact) mass is 989 g/mol. The van der Waals surface area contributed by atoms with Crippen molar-refractivity contribution >= 4 is 34.7 Å². The van der Waals surface area contributed by atoms with E-state index in [9.17, 15) is 29.4 Å². The first-order valence-corrected chi connectivity index (χ1v) is 23.9. The standard InChI is InChI=1S/2C28H34N4O4/c2*1-26(2)10-8-17(9-11-26)23-18(12-22(33)24-30-16-20(15-29)31-24)6-7-21(32-23)19-13-27(3,4)36-28(5,14-19)25(34)35/h2*6-8,16,19H,9-14H2,1-5H3,(H,30,31)(H,34,35)/i8D,9D2,11D;8D,9D2,10D. The van der Waals surface area contributed by atoms with Crippen LogP contribution in [-0.2, 0) is 31.9 Å². The number of allylic oxidation sites excluding steroid dienone is 4. The number of nitrogens with zero attached hydrogens (tertiary/aromatic N) is 6. The maximum atomic E-state index is 13.1. The molecule has 2 aliphatic carbocycles. The van der Waals surface area contributed by atoms with Crippen molar-refractivity contribution in [3.8, 4) is 12.1 Å². The van der Waals surface area contributed by atoms with Crippen molar-refractivity contribution in [3.05, 3.63) is 106 Å². The number of ether oxygens (including phenoxy) is 2. The van der Waals surface area contributed by atoms with E-state index >= 15 is 0 Å². The van der Waals surface area contributed by atoms with Gasteiger partial charge >= 0.3 is 11.9 Å². The maximum Gasteiger partial charge on any atom is 0.335 e. The number of imidazole rings is 2. The predicted octanol–water partition coefficient (Wildman–Crippen LogP) is 10.4. The molecule has 4 aliphatic rings. The zero-order valence-corrected chi connectivity index (χ0v) is 42.5. The summed E-state index contributed by atoms with van der Waals surface area (Å²) in [5.41, 5.74) is -3.97. The molecular weight excluding hydrogens is 913 g/mol. The number of aromatic amines is 2. The Balaban J connectivity index is 0.000000231. The molecule has 4 aromatic heterocycles. The summed E-state index contributed by atoms with van der Waals surface area (Å²) in [4.78, 5) is 73.3. The Labute approximate surface area is 433 Å². The number of carbonyl (C=O) groups is 4. The van der Waals surface area contributed by atoms with E-state index in [1.54, 1.807) is 52.0 Å². The van der Waals surface area contributed by atoms with E-state index in [1.165, 1.54) is 26.2 Å². The highest BCUT2D eigenvalue weighted by molar-refractivity contribution is 5.95. The molecule has 0 bridgehead atoms. The molecule has 2 aliphatic heterocycles. The number of hydrogen-bond donors (Lipinski definition) is 4. The number of carboxylic acids is 2. The lowest BCUT2D eigenvalue weighted by Crippen LogP contribution is -2.51. The van der Waals surface area contributed by atoms with E-state index in [2.05, 4.69) is 19.9 Å². The number of carboxylic acid groups (broad SMARTS) is 2. The molecule has 0 radical (unpaired) electrons. The number of nitrogens with one attached hydrogen (secondary N) is 2. The minimum absolute atomic E-state index is 0.00398. The van der Waals surface area contributed by atoms with Gasteiger partial charge in [-0.2, -0.15) is 10.5 Å². The van der Waals surface area contributed by atoms with E-state index in [-0.39, 0.29) is 108 Å². The van der Waals surface area contributed by atoms with Gasteiger partial charge in [0.1, 0.15) is 23.5 Å². The predicted molar refractivity (Wildman–Crippen MR) is 269 cm³/mol. The summed E-state index contributed by atoms with van der Waals surface area (Å²) >= 11 is 0. The number of nitriles is 2. The maximum absolute atomic E-state index is 13.1. The number of H-pyrrole nitrogens is 2. The molecule has 0 amide bonds. The van der Waals surface area contributed by atoms with Crippen molar-refractivity contribution in [2.45, 2.75) is 180 Å². The molecule has 8 rings (SSSR count). The minimum Gasteiger partial charge on any atom is -0.479 e. The van der Waals surface area contributed by atoms with Crippen LogP contribution in [0.25, 0.3) is 11.1 Å². The van der Waals surface area contributed by atoms with Gasteiger partial charge in [0.25, 0.3) is 0 Å². The molecule has 0 saturated carbocycles. The number of rotatable bonds is 12. The fraction of sp³-hybridized carbons (Fsp3) is 0.536. The minimum atomic E-state index is -2.24. The second kappa shape index (κ2) is 20.1. The average Bonchev–Trinajstić information content (AvgIpc) is 4.12. The molecule has 0 spiro atoms. The lowest BCUT2D eigenvalue weighted by Gasteiger charge is -2.44. The average molecular weight is 989 g/mol. The molecule has 6 atom stereocenters. The molecule has 0 aromatic carbocycles. The Morgan fingerprint density at radius 2 is 1.12 bits per heavy atom. The van der Waals surface area contributed by atoms with Crippen LogP contribution in [0, 0.1) is 33.5 Å². The molecule has 4 aromatic rings. The first-order chi connectivity index (χ1) is 36.8. The highest BCUT2D eigenvalue weighted by atomic mass is 16.6. The van der Waals surface area contributed by atoms with Crippen molar-refractivity contribution < 1.29 is 49.8 Å². The summed E-state index contributed by atoms with van der Waals surface area (Å²) in [6.07, 6.45) is -3.11. The van der Waals surface area contributed by atoms with Gasteiger partial charge in [-0.15, -0.1) is 0 Å². The quantitative estimate of drug-likeness (QED) is 0.0963. The first kappa shape index (κ1) is 43.0. The number of hydrogen-bond acceptors (Lipinski definition) is 12. The van der Waals surface area contributed by atoms with Gasteiger partial charge in [0, 0.05) is 44.3 Å². The van der Waals surface area contributed by atoms with Crippen molar-refractivity contribution in [1.82, 2.24) is 29.9 Å². The van der Waals surface area contributed by atoms with E-state index in [0.717, 1.165) is 0 Å². The highest BCUT2D eigenvalue weighted by Gasteiger charge is 2.49. The fourth-order valence-electron chi connectivity index (χ4n) is 9.75.